The van der Waals surface area contributed by atoms with Crippen LogP contribution in [0.2, 0.25) is 0 Å². The smallest absolute Gasteiger partial charge is 0.203 e. The second kappa shape index (κ2) is 3.77. The van der Waals surface area contributed by atoms with Gasteiger partial charge in [-0.15, -0.1) is 0 Å². The summed E-state index contributed by atoms with van der Waals surface area (Å²) in [6.07, 6.45) is 4.49. The molecule has 0 radical (unpaired) electrons. The second-order valence-corrected chi connectivity index (χ2v) is 5.33. The molecule has 0 aromatic heterocycles. The quantitative estimate of drug-likeness (QED) is 0.562. The summed E-state index contributed by atoms with van der Waals surface area (Å²) in [6.45, 7) is 6.37. The molecule has 0 aromatic rings. The van der Waals surface area contributed by atoms with Crippen molar-refractivity contribution in [2.45, 2.75) is 38.2 Å². The number of hydrogen-bond donors (Lipinski definition) is 1. The fourth-order valence-corrected chi connectivity index (χ4v) is 3.31. The zero-order chi connectivity index (χ0) is 10.9. The highest BCUT2D eigenvalue weighted by Gasteiger charge is 2.54. The zero-order valence-corrected chi connectivity index (χ0v) is 9.58. The van der Waals surface area contributed by atoms with Crippen molar-refractivity contribution in [1.82, 2.24) is 0 Å². The van der Waals surface area contributed by atoms with Gasteiger partial charge in [-0.3, -0.25) is 0 Å². The molecule has 3 saturated heterocycles. The summed E-state index contributed by atoms with van der Waals surface area (Å²) < 4.78 is 0.994. The topological polar surface area (TPSA) is 44.0 Å². The van der Waals surface area contributed by atoms with Gasteiger partial charge in [-0.2, -0.15) is 5.26 Å². The molecule has 3 heterocycles. The molecule has 0 spiro atoms. The van der Waals surface area contributed by atoms with E-state index in [-0.39, 0.29) is 5.92 Å². The Kier molecular flexibility index (Phi) is 2.74. The number of piperidine rings is 3. The highest BCUT2D eigenvalue weighted by atomic mass is 16.3. The first-order valence-electron chi connectivity index (χ1n) is 6.13. The molecule has 3 rings (SSSR count). The number of unbranched alkanes of at least 4 members (excludes halogenated alkanes) is 1. The van der Waals surface area contributed by atoms with E-state index >= 15 is 0 Å². The lowest BCUT2D eigenvalue weighted by atomic mass is 9.74. The van der Waals surface area contributed by atoms with E-state index in [1.807, 2.05) is 0 Å². The van der Waals surface area contributed by atoms with Crippen LogP contribution >= 0.6 is 0 Å². The van der Waals surface area contributed by atoms with Crippen LogP contribution in [0.1, 0.15) is 32.6 Å². The minimum Gasteiger partial charge on any atom is -0.370 e. The molecule has 3 heteroatoms. The molecule has 0 aliphatic carbocycles. The molecule has 1 atom stereocenters. The van der Waals surface area contributed by atoms with Crippen LogP contribution in [-0.4, -0.2) is 41.4 Å². The fourth-order valence-electron chi connectivity index (χ4n) is 3.31. The maximum Gasteiger partial charge on any atom is 0.203 e. The van der Waals surface area contributed by atoms with E-state index in [1.165, 1.54) is 25.9 Å². The van der Waals surface area contributed by atoms with Gasteiger partial charge in [0, 0.05) is 18.8 Å². The number of hydrogen-bond acceptors (Lipinski definition) is 2. The minimum absolute atomic E-state index is 0.240. The predicted octanol–water partition coefficient (Wildman–Crippen LogP) is 1.28. The number of nitriles is 1. The number of nitrogens with zero attached hydrogens (tertiary/aromatic N) is 2. The average molecular weight is 209 g/mol. The molecule has 3 aliphatic rings. The molecule has 15 heavy (non-hydrogen) atoms. The van der Waals surface area contributed by atoms with E-state index in [9.17, 15) is 5.11 Å². The van der Waals surface area contributed by atoms with Gasteiger partial charge in [0.15, 0.2) is 0 Å². The molecule has 2 bridgehead atoms. The van der Waals surface area contributed by atoms with Crippen LogP contribution < -0.4 is 0 Å². The van der Waals surface area contributed by atoms with Gasteiger partial charge in [0.2, 0.25) is 5.60 Å². The third-order valence-corrected chi connectivity index (χ3v) is 4.34. The standard InChI is InChI=1S/C12H21N2O/c1-2-3-6-14-7-4-11(5-8-14)12(15,9-13)10-14/h11,15H,2-8,10H2,1H3/q+1/t11?,12-,14?/m1/s1. The number of quaternary nitrogens is 1. The van der Waals surface area contributed by atoms with Gasteiger partial charge in [-0.05, 0) is 6.42 Å². The summed E-state index contributed by atoms with van der Waals surface area (Å²) in [4.78, 5) is 0. The lowest BCUT2D eigenvalue weighted by Crippen LogP contribution is -2.68. The lowest BCUT2D eigenvalue weighted by Gasteiger charge is -2.54. The van der Waals surface area contributed by atoms with Crippen molar-refractivity contribution in [2.24, 2.45) is 5.92 Å². The van der Waals surface area contributed by atoms with Crippen molar-refractivity contribution in [3.63, 3.8) is 0 Å². The van der Waals surface area contributed by atoms with Crippen LogP contribution in [0, 0.1) is 17.2 Å². The van der Waals surface area contributed by atoms with Gasteiger partial charge in [-0.25, -0.2) is 0 Å². The summed E-state index contributed by atoms with van der Waals surface area (Å²) in [5, 5.41) is 19.4. The predicted molar refractivity (Wildman–Crippen MR) is 57.9 cm³/mol. The van der Waals surface area contributed by atoms with E-state index < -0.39 is 5.60 Å². The maximum atomic E-state index is 10.3. The van der Waals surface area contributed by atoms with Crippen LogP contribution in [0.3, 0.4) is 0 Å². The van der Waals surface area contributed by atoms with Gasteiger partial charge in [0.25, 0.3) is 0 Å². The average Bonchev–Trinajstić information content (AvgIpc) is 2.28. The van der Waals surface area contributed by atoms with Crippen LogP contribution in [0.25, 0.3) is 0 Å². The maximum absolute atomic E-state index is 10.3. The fraction of sp³-hybridized carbons (Fsp3) is 0.917. The Morgan fingerprint density at radius 1 is 1.47 bits per heavy atom. The molecular formula is C12H21N2O+. The summed E-state index contributed by atoms with van der Waals surface area (Å²) in [7, 11) is 0. The Labute approximate surface area is 91.9 Å². The van der Waals surface area contributed by atoms with Crippen molar-refractivity contribution in [3.8, 4) is 6.07 Å². The lowest BCUT2D eigenvalue weighted by molar-refractivity contribution is -0.949. The first kappa shape index (κ1) is 10.9. The van der Waals surface area contributed by atoms with Crippen LogP contribution in [0.15, 0.2) is 0 Å². The van der Waals surface area contributed by atoms with Gasteiger partial charge in [0.05, 0.1) is 19.6 Å². The largest absolute Gasteiger partial charge is 0.370 e. The van der Waals surface area contributed by atoms with Gasteiger partial charge < -0.3 is 9.59 Å². The minimum atomic E-state index is -1.02. The summed E-state index contributed by atoms with van der Waals surface area (Å²) in [5.74, 6) is 0.240. The molecule has 0 unspecified atom stereocenters. The van der Waals surface area contributed by atoms with Crippen molar-refractivity contribution >= 4 is 0 Å². The Morgan fingerprint density at radius 2 is 2.13 bits per heavy atom. The molecule has 0 saturated carbocycles. The van der Waals surface area contributed by atoms with Crippen LogP contribution in [-0.2, 0) is 0 Å². The molecule has 1 N–H and O–H groups in total. The number of fused-ring (bicyclic) bond motifs is 3. The summed E-state index contributed by atoms with van der Waals surface area (Å²) in [6, 6.07) is 2.15. The second-order valence-electron chi connectivity index (χ2n) is 5.33. The Morgan fingerprint density at radius 3 is 2.67 bits per heavy atom. The van der Waals surface area contributed by atoms with E-state index in [1.54, 1.807) is 0 Å². The van der Waals surface area contributed by atoms with E-state index in [0.29, 0.717) is 6.54 Å². The van der Waals surface area contributed by atoms with E-state index in [2.05, 4.69) is 13.0 Å². The highest BCUT2D eigenvalue weighted by Crippen LogP contribution is 2.40. The Balaban J connectivity index is 2.11. The first-order chi connectivity index (χ1) is 7.14. The third-order valence-electron chi connectivity index (χ3n) is 4.34. The zero-order valence-electron chi connectivity index (χ0n) is 9.58. The van der Waals surface area contributed by atoms with E-state index in [0.717, 1.165) is 23.9 Å². The Bertz CT molecular complexity index is 276. The van der Waals surface area contributed by atoms with Crippen molar-refractivity contribution in [1.29, 1.82) is 5.26 Å². The van der Waals surface area contributed by atoms with Gasteiger partial charge >= 0.3 is 0 Å². The normalized spacial score (nSPS) is 43.9. The monoisotopic (exact) mass is 209 g/mol. The number of aliphatic hydroxyl groups is 1. The van der Waals surface area contributed by atoms with E-state index in [4.69, 9.17) is 5.26 Å². The molecular weight excluding hydrogens is 188 g/mol. The van der Waals surface area contributed by atoms with Gasteiger partial charge in [-0.1, -0.05) is 13.3 Å². The molecule has 0 aromatic carbocycles. The van der Waals surface area contributed by atoms with Crippen molar-refractivity contribution in [3.05, 3.63) is 0 Å². The molecule has 84 valence electrons. The highest BCUT2D eigenvalue weighted by molar-refractivity contribution is 5.08. The molecule has 3 aliphatic heterocycles. The molecule has 3 nitrogen and oxygen atoms in total. The molecule has 0 amide bonds. The summed E-state index contributed by atoms with van der Waals surface area (Å²) in [5.41, 5.74) is -1.02. The van der Waals surface area contributed by atoms with Crippen molar-refractivity contribution < 1.29 is 9.59 Å². The first-order valence-corrected chi connectivity index (χ1v) is 6.13. The Hall–Kier alpha value is -0.590. The molecule has 3 fully saturated rings. The summed E-state index contributed by atoms with van der Waals surface area (Å²) >= 11 is 0. The SMILES string of the molecule is CCCC[N+]12CCC(CC1)[C@@](O)(C#N)C2. The van der Waals surface area contributed by atoms with Crippen LogP contribution in [0.5, 0.6) is 0 Å². The van der Waals surface area contributed by atoms with Gasteiger partial charge in [0.1, 0.15) is 12.6 Å². The number of rotatable bonds is 3. The third kappa shape index (κ3) is 1.77. The van der Waals surface area contributed by atoms with Crippen LogP contribution in [0.4, 0.5) is 0 Å². The van der Waals surface area contributed by atoms with Crippen molar-refractivity contribution in [2.75, 3.05) is 26.2 Å².